The van der Waals surface area contributed by atoms with E-state index in [0.29, 0.717) is 6.54 Å². The summed E-state index contributed by atoms with van der Waals surface area (Å²) in [5.74, 6) is -0.873. The molecule has 0 radical (unpaired) electrons. The van der Waals surface area contributed by atoms with Crippen molar-refractivity contribution >= 4 is 5.91 Å². The first-order valence-corrected chi connectivity index (χ1v) is 4.85. The van der Waals surface area contributed by atoms with Crippen LogP contribution in [0.25, 0.3) is 0 Å². The quantitative estimate of drug-likeness (QED) is 0.783. The Bertz CT molecular complexity index is 341. The zero-order chi connectivity index (χ0) is 11.3. The summed E-state index contributed by atoms with van der Waals surface area (Å²) in [5.41, 5.74) is 0.0841. The van der Waals surface area contributed by atoms with Gasteiger partial charge < -0.3 is 10.6 Å². The maximum atomic E-state index is 13.2. The number of carbonyl (C=O) groups excluding carboxylic acids is 1. The molecule has 0 aliphatic rings. The molecule has 0 heterocycles. The number of hydrogen-bond acceptors (Lipinski definition) is 2. The van der Waals surface area contributed by atoms with E-state index in [2.05, 4.69) is 10.6 Å². The van der Waals surface area contributed by atoms with Crippen LogP contribution in [0.3, 0.4) is 0 Å². The van der Waals surface area contributed by atoms with E-state index < -0.39 is 5.82 Å². The Kier molecular flexibility index (Phi) is 4.24. The van der Waals surface area contributed by atoms with Crippen LogP contribution in [0.4, 0.5) is 4.39 Å². The lowest BCUT2D eigenvalue weighted by Gasteiger charge is -2.11. The molecule has 0 aliphatic heterocycles. The molecule has 0 fully saturated rings. The first-order valence-electron chi connectivity index (χ1n) is 4.85. The number of nitrogens with one attached hydrogen (secondary N) is 2. The zero-order valence-corrected chi connectivity index (χ0v) is 8.88. The highest BCUT2D eigenvalue weighted by Crippen LogP contribution is 2.05. The second-order valence-electron chi connectivity index (χ2n) is 3.38. The van der Waals surface area contributed by atoms with Gasteiger partial charge in [0.25, 0.3) is 5.91 Å². The fourth-order valence-electron chi connectivity index (χ4n) is 1.09. The lowest BCUT2D eigenvalue weighted by atomic mass is 10.2. The Balaban J connectivity index is 2.58. The summed E-state index contributed by atoms with van der Waals surface area (Å²) in [6.45, 7) is 2.41. The summed E-state index contributed by atoms with van der Waals surface area (Å²) < 4.78 is 13.2. The normalized spacial score (nSPS) is 12.2. The predicted molar refractivity (Wildman–Crippen MR) is 57.3 cm³/mol. The Labute approximate surface area is 88.7 Å². The maximum Gasteiger partial charge on any atom is 0.254 e. The molecule has 1 unspecified atom stereocenters. The van der Waals surface area contributed by atoms with Crippen molar-refractivity contribution < 1.29 is 9.18 Å². The van der Waals surface area contributed by atoms with Crippen molar-refractivity contribution in [3.8, 4) is 0 Å². The van der Waals surface area contributed by atoms with Gasteiger partial charge in [0.15, 0.2) is 0 Å². The third-order valence-corrected chi connectivity index (χ3v) is 2.18. The summed E-state index contributed by atoms with van der Waals surface area (Å²) >= 11 is 0. The molecule has 4 heteroatoms. The van der Waals surface area contributed by atoms with Gasteiger partial charge in [0.2, 0.25) is 0 Å². The first kappa shape index (κ1) is 11.7. The van der Waals surface area contributed by atoms with Crippen LogP contribution in [0.5, 0.6) is 0 Å². The number of benzene rings is 1. The van der Waals surface area contributed by atoms with E-state index in [4.69, 9.17) is 0 Å². The van der Waals surface area contributed by atoms with Gasteiger partial charge in [0, 0.05) is 12.6 Å². The van der Waals surface area contributed by atoms with Gasteiger partial charge in [-0.25, -0.2) is 4.39 Å². The van der Waals surface area contributed by atoms with E-state index >= 15 is 0 Å². The Morgan fingerprint density at radius 3 is 2.73 bits per heavy atom. The molecule has 1 atom stereocenters. The molecule has 2 N–H and O–H groups in total. The van der Waals surface area contributed by atoms with Crippen LogP contribution in [-0.2, 0) is 0 Å². The number of halogens is 1. The third-order valence-electron chi connectivity index (χ3n) is 2.18. The van der Waals surface area contributed by atoms with Gasteiger partial charge in [-0.3, -0.25) is 4.79 Å². The highest BCUT2D eigenvalue weighted by Gasteiger charge is 2.10. The van der Waals surface area contributed by atoms with E-state index in [1.807, 2.05) is 6.92 Å². The lowest BCUT2D eigenvalue weighted by Crippen LogP contribution is -2.37. The molecular weight excluding hydrogens is 195 g/mol. The monoisotopic (exact) mass is 210 g/mol. The molecular formula is C11H15FN2O. The number of carbonyl (C=O) groups is 1. The molecule has 0 aliphatic carbocycles. The molecule has 0 saturated heterocycles. The summed E-state index contributed by atoms with van der Waals surface area (Å²) in [6, 6.07) is 6.10. The average molecular weight is 210 g/mol. The van der Waals surface area contributed by atoms with Crippen molar-refractivity contribution in [2.45, 2.75) is 13.0 Å². The molecule has 1 amide bonds. The molecule has 82 valence electrons. The number of rotatable bonds is 4. The highest BCUT2D eigenvalue weighted by atomic mass is 19.1. The van der Waals surface area contributed by atoms with E-state index in [1.54, 1.807) is 19.2 Å². The minimum absolute atomic E-state index is 0.0841. The topological polar surface area (TPSA) is 41.1 Å². The van der Waals surface area contributed by atoms with Crippen molar-refractivity contribution in [2.75, 3.05) is 13.6 Å². The van der Waals surface area contributed by atoms with Gasteiger partial charge in [-0.1, -0.05) is 12.1 Å². The molecule has 0 spiro atoms. The molecule has 1 rings (SSSR count). The van der Waals surface area contributed by atoms with Crippen LogP contribution < -0.4 is 10.6 Å². The van der Waals surface area contributed by atoms with E-state index in [9.17, 15) is 9.18 Å². The minimum Gasteiger partial charge on any atom is -0.350 e. The van der Waals surface area contributed by atoms with E-state index in [-0.39, 0.29) is 17.5 Å². The third kappa shape index (κ3) is 3.32. The second kappa shape index (κ2) is 5.46. The van der Waals surface area contributed by atoms with Crippen molar-refractivity contribution in [1.82, 2.24) is 10.6 Å². The molecule has 1 aromatic carbocycles. The summed E-state index contributed by atoms with van der Waals surface area (Å²) in [4.78, 5) is 11.5. The molecule has 0 bridgehead atoms. The minimum atomic E-state index is -0.493. The smallest absolute Gasteiger partial charge is 0.254 e. The second-order valence-corrected chi connectivity index (χ2v) is 3.38. The van der Waals surface area contributed by atoms with E-state index in [0.717, 1.165) is 0 Å². The SMILES string of the molecule is CNC(C)CNC(=O)c1ccccc1F. The number of likely N-dealkylation sites (N-methyl/N-ethyl adjacent to an activating group) is 1. The maximum absolute atomic E-state index is 13.2. The molecule has 15 heavy (non-hydrogen) atoms. The van der Waals surface area contributed by atoms with E-state index in [1.165, 1.54) is 12.1 Å². The van der Waals surface area contributed by atoms with Gasteiger partial charge in [-0.05, 0) is 26.1 Å². The number of amides is 1. The standard InChI is InChI=1S/C11H15FN2O/c1-8(13-2)7-14-11(15)9-5-3-4-6-10(9)12/h3-6,8,13H,7H2,1-2H3,(H,14,15). The fourth-order valence-corrected chi connectivity index (χ4v) is 1.09. The van der Waals surface area contributed by atoms with Crippen LogP contribution in [0.2, 0.25) is 0 Å². The van der Waals surface area contributed by atoms with Crippen LogP contribution in [-0.4, -0.2) is 25.5 Å². The highest BCUT2D eigenvalue weighted by molar-refractivity contribution is 5.94. The van der Waals surface area contributed by atoms with Crippen LogP contribution in [0, 0.1) is 5.82 Å². The van der Waals surface area contributed by atoms with Crippen molar-refractivity contribution in [1.29, 1.82) is 0 Å². The summed E-state index contributed by atoms with van der Waals surface area (Å²) in [6.07, 6.45) is 0. The van der Waals surface area contributed by atoms with Crippen molar-refractivity contribution in [2.24, 2.45) is 0 Å². The van der Waals surface area contributed by atoms with Crippen LogP contribution in [0.1, 0.15) is 17.3 Å². The fraction of sp³-hybridized carbons (Fsp3) is 0.364. The van der Waals surface area contributed by atoms with Gasteiger partial charge in [0.1, 0.15) is 5.82 Å². The average Bonchev–Trinajstić information content (AvgIpc) is 2.26. The van der Waals surface area contributed by atoms with Gasteiger partial charge in [0.05, 0.1) is 5.56 Å². The predicted octanol–water partition coefficient (Wildman–Crippen LogP) is 1.16. The Morgan fingerprint density at radius 2 is 2.13 bits per heavy atom. The molecule has 1 aromatic rings. The van der Waals surface area contributed by atoms with Crippen LogP contribution >= 0.6 is 0 Å². The summed E-state index contributed by atoms with van der Waals surface area (Å²) in [7, 11) is 1.81. The van der Waals surface area contributed by atoms with Gasteiger partial charge >= 0.3 is 0 Å². The summed E-state index contributed by atoms with van der Waals surface area (Å²) in [5, 5.41) is 5.63. The first-order chi connectivity index (χ1) is 7.15. The molecule has 3 nitrogen and oxygen atoms in total. The Morgan fingerprint density at radius 1 is 1.47 bits per heavy atom. The zero-order valence-electron chi connectivity index (χ0n) is 8.88. The Hall–Kier alpha value is -1.42. The van der Waals surface area contributed by atoms with Gasteiger partial charge in [-0.2, -0.15) is 0 Å². The lowest BCUT2D eigenvalue weighted by molar-refractivity contribution is 0.0946. The van der Waals surface area contributed by atoms with Gasteiger partial charge in [-0.15, -0.1) is 0 Å². The molecule has 0 saturated carbocycles. The van der Waals surface area contributed by atoms with Crippen LogP contribution in [0.15, 0.2) is 24.3 Å². The number of hydrogen-bond donors (Lipinski definition) is 2. The molecule has 0 aromatic heterocycles. The largest absolute Gasteiger partial charge is 0.350 e. The van der Waals surface area contributed by atoms with Crippen molar-refractivity contribution in [3.05, 3.63) is 35.6 Å². The van der Waals surface area contributed by atoms with Crippen molar-refractivity contribution in [3.63, 3.8) is 0 Å².